The van der Waals surface area contributed by atoms with Gasteiger partial charge in [-0.15, -0.1) is 37.2 Å². The maximum Gasteiger partial charge on any atom is 0.280 e. The predicted molar refractivity (Wildman–Crippen MR) is 155 cm³/mol. The minimum atomic E-state index is -0.733. The van der Waals surface area contributed by atoms with E-state index in [2.05, 4.69) is 43.0 Å². The first-order chi connectivity index (χ1) is 16.3. The number of aliphatic hydroxyl groups excluding tert-OH is 2. The molecule has 0 fully saturated rings. The zero-order valence-corrected chi connectivity index (χ0v) is 23.2. The first-order valence-corrected chi connectivity index (χ1v) is 11.2. The largest absolute Gasteiger partial charge is 0.394 e. The second kappa shape index (κ2) is 19.7. The van der Waals surface area contributed by atoms with E-state index < -0.39 is 12.0 Å². The third kappa shape index (κ3) is 13.7. The number of benzene rings is 1. The number of carbonyl (C=O) groups is 1. The van der Waals surface area contributed by atoms with E-state index >= 15 is 0 Å². The van der Waals surface area contributed by atoms with Gasteiger partial charge in [0.25, 0.3) is 5.91 Å². The van der Waals surface area contributed by atoms with E-state index in [1.165, 1.54) is 5.56 Å². The van der Waals surface area contributed by atoms with Crippen LogP contribution < -0.4 is 33.2 Å². The summed E-state index contributed by atoms with van der Waals surface area (Å²) in [4.78, 5) is 23.9. The summed E-state index contributed by atoms with van der Waals surface area (Å²) < 4.78 is 0. The zero-order chi connectivity index (χ0) is 24.9. The van der Waals surface area contributed by atoms with Gasteiger partial charge in [0, 0.05) is 31.9 Å². The molecule has 2 aromatic rings. The molecule has 0 aliphatic heterocycles. The number of guanidine groups is 1. The summed E-state index contributed by atoms with van der Waals surface area (Å²) in [7, 11) is 0. The summed E-state index contributed by atoms with van der Waals surface area (Å²) in [6.45, 7) is 1.95. The Bertz CT molecular complexity index is 969. The monoisotopic (exact) mass is 601 g/mol. The second-order valence-corrected chi connectivity index (χ2v) is 7.83. The van der Waals surface area contributed by atoms with Gasteiger partial charge < -0.3 is 38.0 Å². The van der Waals surface area contributed by atoms with E-state index in [1.807, 2.05) is 12.1 Å². The molecule has 16 heteroatoms. The molecule has 0 bridgehead atoms. The molecule has 2 rings (SSSR count). The van der Waals surface area contributed by atoms with Crippen molar-refractivity contribution < 1.29 is 15.0 Å². The van der Waals surface area contributed by atoms with Gasteiger partial charge in [-0.3, -0.25) is 15.1 Å². The molecule has 11 N–H and O–H groups in total. The Morgan fingerprint density at radius 2 is 1.73 bits per heavy atom. The van der Waals surface area contributed by atoms with Gasteiger partial charge >= 0.3 is 0 Å². The van der Waals surface area contributed by atoms with Crippen molar-refractivity contribution in [2.24, 2.45) is 10.7 Å². The van der Waals surface area contributed by atoms with Crippen LogP contribution in [-0.2, 0) is 6.42 Å². The van der Waals surface area contributed by atoms with Crippen molar-refractivity contribution in [3.63, 3.8) is 0 Å². The van der Waals surface area contributed by atoms with E-state index in [0.29, 0.717) is 26.2 Å². The number of aromatic nitrogens is 2. The number of nitrogens with two attached hydrogens (primary N) is 3. The van der Waals surface area contributed by atoms with E-state index in [1.54, 1.807) is 0 Å². The van der Waals surface area contributed by atoms with Gasteiger partial charge in [-0.1, -0.05) is 23.7 Å². The summed E-state index contributed by atoms with van der Waals surface area (Å²) in [5.74, 6) is -0.925. The van der Waals surface area contributed by atoms with Crippen LogP contribution in [0.3, 0.4) is 0 Å². The minimum Gasteiger partial charge on any atom is -0.394 e. The summed E-state index contributed by atoms with van der Waals surface area (Å²) in [6.07, 6.45) is 1.85. The first kappa shape index (κ1) is 36.8. The number of anilines is 3. The van der Waals surface area contributed by atoms with Gasteiger partial charge in [0.1, 0.15) is 0 Å². The number of hydrogen-bond acceptors (Lipinski definition) is 10. The van der Waals surface area contributed by atoms with Crippen LogP contribution >= 0.6 is 48.8 Å². The maximum absolute atomic E-state index is 12.2. The fourth-order valence-electron chi connectivity index (χ4n) is 2.88. The van der Waals surface area contributed by atoms with Crippen molar-refractivity contribution in [1.29, 1.82) is 0 Å². The van der Waals surface area contributed by atoms with Crippen molar-refractivity contribution in [1.82, 2.24) is 20.6 Å². The fourth-order valence-corrected chi connectivity index (χ4v) is 3.01. The Morgan fingerprint density at radius 3 is 2.38 bits per heavy atom. The molecule has 1 amide bonds. The molecule has 0 saturated heterocycles. The molecule has 37 heavy (non-hydrogen) atoms. The number of hydrogen-bond donors (Lipinski definition) is 8. The number of rotatable bonds is 13. The van der Waals surface area contributed by atoms with Gasteiger partial charge in [0.15, 0.2) is 28.4 Å². The highest BCUT2D eigenvalue weighted by Crippen LogP contribution is 2.17. The zero-order valence-electron chi connectivity index (χ0n) is 20.0. The Hall–Kier alpha value is -2.32. The lowest BCUT2D eigenvalue weighted by molar-refractivity contribution is 0.0949. The molecular weight excluding hydrogens is 568 g/mol. The number of nitrogens with one attached hydrogen (secondary N) is 3. The van der Waals surface area contributed by atoms with E-state index in [0.717, 1.165) is 24.9 Å². The summed E-state index contributed by atoms with van der Waals surface area (Å²) >= 11 is 5.78. The van der Waals surface area contributed by atoms with Gasteiger partial charge in [-0.2, -0.15) is 0 Å². The number of nitrogen functional groups attached to an aromatic ring is 2. The van der Waals surface area contributed by atoms with Crippen LogP contribution in [0.5, 0.6) is 0 Å². The number of nitrogens with zero attached hydrogens (tertiary/aromatic N) is 3. The highest BCUT2D eigenvalue weighted by molar-refractivity contribution is 6.31. The van der Waals surface area contributed by atoms with Crippen LogP contribution in [0.4, 0.5) is 17.3 Å². The highest BCUT2D eigenvalue weighted by Gasteiger charge is 2.16. The SMILES string of the molecule is Cl.Cl.Cl.NC(=NCCCCc1ccc(NCCNC[C@@H](O)CO)cc1)NC(=O)c1nc(Cl)c(N)nc1N. The lowest BCUT2D eigenvalue weighted by atomic mass is 10.1. The molecule has 0 aliphatic rings. The number of aliphatic imine (C=N–C) groups is 1. The van der Waals surface area contributed by atoms with Crippen LogP contribution in [0.15, 0.2) is 29.3 Å². The molecule has 0 aliphatic carbocycles. The van der Waals surface area contributed by atoms with Gasteiger partial charge in [-0.05, 0) is 37.0 Å². The third-order valence-electron chi connectivity index (χ3n) is 4.69. The van der Waals surface area contributed by atoms with Crippen molar-refractivity contribution in [2.45, 2.75) is 25.4 Å². The van der Waals surface area contributed by atoms with E-state index in [-0.39, 0.29) is 72.3 Å². The van der Waals surface area contributed by atoms with E-state index in [4.69, 9.17) is 33.9 Å². The van der Waals surface area contributed by atoms with Crippen molar-refractivity contribution in [3.05, 3.63) is 40.7 Å². The topological polar surface area (TPSA) is 210 Å². The average molecular weight is 603 g/mol. The normalized spacial score (nSPS) is 11.4. The molecule has 210 valence electrons. The summed E-state index contributed by atoms with van der Waals surface area (Å²) in [5.41, 5.74) is 18.9. The Kier molecular flexibility index (Phi) is 19.7. The summed E-state index contributed by atoms with van der Waals surface area (Å²) in [6, 6.07) is 8.15. The standard InChI is InChI=1S/C21H32ClN9O3.3ClH/c22-17-19(24)30-18(23)16(29-17)20(34)31-21(25)28-8-2-1-3-13-4-6-14(7-5-13)27-10-9-26-11-15(33)12-32;;;/h4-7,15,26-27,32-33H,1-3,8-12H2,(H4,23,24,30)(H3,25,28,31,34);3*1H/t15-;;;/m1.../s1. The number of aliphatic hydroxyl groups is 2. The highest BCUT2D eigenvalue weighted by atomic mass is 35.5. The van der Waals surface area contributed by atoms with Crippen molar-refractivity contribution >= 4 is 78.0 Å². The van der Waals surface area contributed by atoms with Crippen molar-refractivity contribution in [2.75, 3.05) is 49.6 Å². The molecule has 1 aromatic heterocycles. The van der Waals surface area contributed by atoms with Crippen molar-refractivity contribution in [3.8, 4) is 0 Å². The molecule has 0 unspecified atom stereocenters. The number of halogens is 4. The van der Waals surface area contributed by atoms with Crippen LogP contribution in [-0.4, -0.2) is 70.9 Å². The fraction of sp³-hybridized carbons (Fsp3) is 0.429. The predicted octanol–water partition coefficient (Wildman–Crippen LogP) is 0.982. The third-order valence-corrected chi connectivity index (χ3v) is 4.97. The molecule has 0 radical (unpaired) electrons. The van der Waals surface area contributed by atoms with Gasteiger partial charge in [-0.25, -0.2) is 9.97 Å². The van der Waals surface area contributed by atoms with E-state index in [9.17, 15) is 9.90 Å². The van der Waals surface area contributed by atoms with Crippen LogP contribution in [0.25, 0.3) is 0 Å². The van der Waals surface area contributed by atoms with Gasteiger partial charge in [0.05, 0.1) is 12.7 Å². The Morgan fingerprint density at radius 1 is 1.05 bits per heavy atom. The first-order valence-electron chi connectivity index (χ1n) is 10.8. The molecular formula is C21H35Cl4N9O3. The summed E-state index contributed by atoms with van der Waals surface area (Å²) in [5, 5.41) is 26.6. The number of unbranched alkanes of at least 4 members (excludes halogenated alkanes) is 1. The second-order valence-electron chi connectivity index (χ2n) is 7.48. The minimum absolute atomic E-state index is 0. The average Bonchev–Trinajstić information content (AvgIpc) is 2.81. The molecule has 0 spiro atoms. The molecule has 1 heterocycles. The lowest BCUT2D eigenvalue weighted by Crippen LogP contribution is -2.38. The Labute approximate surface area is 239 Å². The number of amides is 1. The quantitative estimate of drug-likeness (QED) is 0.0924. The smallest absolute Gasteiger partial charge is 0.280 e. The Balaban J connectivity index is 0. The van der Waals surface area contributed by atoms with Crippen LogP contribution in [0.2, 0.25) is 5.15 Å². The van der Waals surface area contributed by atoms with Crippen LogP contribution in [0, 0.1) is 0 Å². The lowest BCUT2D eigenvalue weighted by Gasteiger charge is -2.10. The van der Waals surface area contributed by atoms with Crippen LogP contribution in [0.1, 0.15) is 28.9 Å². The number of aryl methyl sites for hydroxylation is 1. The molecule has 1 aromatic carbocycles. The number of carbonyl (C=O) groups excluding carboxylic acids is 1. The van der Waals surface area contributed by atoms with Gasteiger partial charge in [0.2, 0.25) is 0 Å². The molecule has 1 atom stereocenters. The molecule has 12 nitrogen and oxygen atoms in total. The molecule has 0 saturated carbocycles. The maximum atomic E-state index is 12.2.